The third kappa shape index (κ3) is 4.28. The van der Waals surface area contributed by atoms with Crippen LogP contribution in [0.3, 0.4) is 0 Å². The number of sulfonamides is 1. The molecule has 1 fully saturated rings. The first-order valence-corrected chi connectivity index (χ1v) is 9.28. The third-order valence-electron chi connectivity index (χ3n) is 4.30. The van der Waals surface area contributed by atoms with Crippen molar-refractivity contribution in [3.05, 3.63) is 29.8 Å². The fourth-order valence-electron chi connectivity index (χ4n) is 2.89. The van der Waals surface area contributed by atoms with Gasteiger partial charge in [0.2, 0.25) is 10.0 Å². The average Bonchev–Trinajstić information content (AvgIpc) is 2.53. The SMILES string of the molecule is CC[C@@H](CO)NS(=O)(=O)c1ccc(C2CCCCC2)cc1. The second-order valence-electron chi connectivity index (χ2n) is 5.81. The van der Waals surface area contributed by atoms with Gasteiger partial charge in [-0.15, -0.1) is 0 Å². The van der Waals surface area contributed by atoms with Gasteiger partial charge in [0.1, 0.15) is 0 Å². The van der Waals surface area contributed by atoms with Crippen LogP contribution in [0.25, 0.3) is 0 Å². The molecule has 0 aromatic heterocycles. The zero-order chi connectivity index (χ0) is 15.3. The van der Waals surface area contributed by atoms with Crippen molar-refractivity contribution in [3.63, 3.8) is 0 Å². The van der Waals surface area contributed by atoms with Crippen LogP contribution in [0.4, 0.5) is 0 Å². The molecule has 118 valence electrons. The Bertz CT molecular complexity index is 529. The number of benzene rings is 1. The van der Waals surface area contributed by atoms with Gasteiger partial charge in [0.15, 0.2) is 0 Å². The summed E-state index contributed by atoms with van der Waals surface area (Å²) in [4.78, 5) is 0.272. The van der Waals surface area contributed by atoms with Gasteiger partial charge in [-0.1, -0.05) is 38.3 Å². The van der Waals surface area contributed by atoms with E-state index in [0.717, 1.165) is 0 Å². The Morgan fingerprint density at radius 3 is 2.33 bits per heavy atom. The molecule has 0 saturated heterocycles. The molecule has 1 aromatic rings. The van der Waals surface area contributed by atoms with E-state index in [4.69, 9.17) is 5.11 Å². The topological polar surface area (TPSA) is 66.4 Å². The van der Waals surface area contributed by atoms with Gasteiger partial charge in [-0.05, 0) is 42.9 Å². The second kappa shape index (κ2) is 7.38. The van der Waals surface area contributed by atoms with Crippen molar-refractivity contribution in [1.29, 1.82) is 0 Å². The first kappa shape index (κ1) is 16.5. The van der Waals surface area contributed by atoms with Crippen LogP contribution in [0.5, 0.6) is 0 Å². The highest BCUT2D eigenvalue weighted by molar-refractivity contribution is 7.89. The number of rotatable bonds is 6. The summed E-state index contributed by atoms with van der Waals surface area (Å²) < 4.78 is 27.0. The number of hydrogen-bond donors (Lipinski definition) is 2. The minimum Gasteiger partial charge on any atom is -0.395 e. The molecule has 2 N–H and O–H groups in total. The van der Waals surface area contributed by atoms with E-state index in [2.05, 4.69) is 4.72 Å². The standard InChI is InChI=1S/C16H25NO3S/c1-2-15(12-18)17-21(19,20)16-10-8-14(9-11-16)13-6-4-3-5-7-13/h8-11,13,15,17-18H,2-7,12H2,1H3/t15-/m0/s1. The molecule has 0 spiro atoms. The summed E-state index contributed by atoms with van der Waals surface area (Å²) in [7, 11) is -3.54. The van der Waals surface area contributed by atoms with Gasteiger partial charge in [-0.2, -0.15) is 0 Å². The highest BCUT2D eigenvalue weighted by Gasteiger charge is 2.20. The average molecular weight is 311 g/mol. The molecule has 2 rings (SSSR count). The third-order valence-corrected chi connectivity index (χ3v) is 5.84. The highest BCUT2D eigenvalue weighted by atomic mass is 32.2. The quantitative estimate of drug-likeness (QED) is 0.849. The molecular weight excluding hydrogens is 286 g/mol. The fraction of sp³-hybridized carbons (Fsp3) is 0.625. The summed E-state index contributed by atoms with van der Waals surface area (Å²) in [6.07, 6.45) is 6.81. The van der Waals surface area contributed by atoms with E-state index < -0.39 is 16.1 Å². The molecule has 0 radical (unpaired) electrons. The summed E-state index contributed by atoms with van der Waals surface area (Å²) in [6.45, 7) is 1.66. The monoisotopic (exact) mass is 311 g/mol. The fourth-order valence-corrected chi connectivity index (χ4v) is 4.20. The predicted octanol–water partition coefficient (Wildman–Crippen LogP) is 2.78. The van der Waals surface area contributed by atoms with Gasteiger partial charge in [0.25, 0.3) is 0 Å². The summed E-state index contributed by atoms with van der Waals surface area (Å²) in [6, 6.07) is 6.80. The predicted molar refractivity (Wildman–Crippen MR) is 83.8 cm³/mol. The van der Waals surface area contributed by atoms with Crippen molar-refractivity contribution in [2.24, 2.45) is 0 Å². The maximum absolute atomic E-state index is 12.2. The van der Waals surface area contributed by atoms with Crippen LogP contribution in [0.1, 0.15) is 56.9 Å². The van der Waals surface area contributed by atoms with Gasteiger partial charge in [0, 0.05) is 6.04 Å². The zero-order valence-electron chi connectivity index (χ0n) is 12.6. The molecule has 1 aliphatic carbocycles. The molecule has 0 heterocycles. The maximum atomic E-state index is 12.2. The summed E-state index contributed by atoms with van der Waals surface area (Å²) in [5.74, 6) is 0.573. The van der Waals surface area contributed by atoms with E-state index in [1.165, 1.54) is 37.7 Å². The molecule has 1 aliphatic rings. The summed E-state index contributed by atoms with van der Waals surface area (Å²) in [5.41, 5.74) is 1.24. The molecule has 0 aliphatic heterocycles. The van der Waals surface area contributed by atoms with E-state index in [1.807, 2.05) is 19.1 Å². The van der Waals surface area contributed by atoms with Gasteiger partial charge in [0.05, 0.1) is 11.5 Å². The van der Waals surface area contributed by atoms with Crippen LogP contribution >= 0.6 is 0 Å². The molecular formula is C16H25NO3S. The van der Waals surface area contributed by atoms with Crippen LogP contribution in [0.2, 0.25) is 0 Å². The van der Waals surface area contributed by atoms with E-state index in [-0.39, 0.29) is 11.5 Å². The lowest BCUT2D eigenvalue weighted by atomic mass is 9.84. The molecule has 0 unspecified atom stereocenters. The molecule has 1 atom stereocenters. The zero-order valence-corrected chi connectivity index (χ0v) is 13.4. The van der Waals surface area contributed by atoms with Crippen LogP contribution in [-0.4, -0.2) is 26.2 Å². The van der Waals surface area contributed by atoms with Gasteiger partial charge < -0.3 is 5.11 Å². The maximum Gasteiger partial charge on any atom is 0.240 e. The Morgan fingerprint density at radius 1 is 1.19 bits per heavy atom. The second-order valence-corrected chi connectivity index (χ2v) is 7.53. The van der Waals surface area contributed by atoms with Crippen LogP contribution in [0, 0.1) is 0 Å². The van der Waals surface area contributed by atoms with Crippen molar-refractivity contribution in [1.82, 2.24) is 4.72 Å². The largest absolute Gasteiger partial charge is 0.395 e. The van der Waals surface area contributed by atoms with Crippen LogP contribution in [-0.2, 0) is 10.0 Å². The number of nitrogens with one attached hydrogen (secondary N) is 1. The number of hydrogen-bond acceptors (Lipinski definition) is 3. The Labute approximate surface area is 127 Å². The lowest BCUT2D eigenvalue weighted by molar-refractivity contribution is 0.254. The Kier molecular flexibility index (Phi) is 5.79. The van der Waals surface area contributed by atoms with Gasteiger partial charge in [-0.3, -0.25) is 0 Å². The van der Waals surface area contributed by atoms with E-state index in [9.17, 15) is 8.42 Å². The Morgan fingerprint density at radius 2 is 1.81 bits per heavy atom. The van der Waals surface area contributed by atoms with Crippen molar-refractivity contribution in [2.45, 2.75) is 62.3 Å². The van der Waals surface area contributed by atoms with Crippen molar-refractivity contribution >= 4 is 10.0 Å². The van der Waals surface area contributed by atoms with Crippen molar-refractivity contribution < 1.29 is 13.5 Å². The van der Waals surface area contributed by atoms with Crippen LogP contribution < -0.4 is 4.72 Å². The number of aliphatic hydroxyl groups is 1. The summed E-state index contributed by atoms with van der Waals surface area (Å²) in [5, 5.41) is 9.12. The van der Waals surface area contributed by atoms with Crippen molar-refractivity contribution in [2.75, 3.05) is 6.61 Å². The lowest BCUT2D eigenvalue weighted by Gasteiger charge is -2.22. The Hall–Kier alpha value is -0.910. The molecule has 1 saturated carbocycles. The molecule has 21 heavy (non-hydrogen) atoms. The lowest BCUT2D eigenvalue weighted by Crippen LogP contribution is -2.36. The van der Waals surface area contributed by atoms with E-state index in [0.29, 0.717) is 12.3 Å². The Balaban J connectivity index is 2.10. The van der Waals surface area contributed by atoms with Gasteiger partial charge in [-0.25, -0.2) is 13.1 Å². The highest BCUT2D eigenvalue weighted by Crippen LogP contribution is 2.32. The smallest absolute Gasteiger partial charge is 0.240 e. The molecule has 1 aromatic carbocycles. The molecule has 0 bridgehead atoms. The van der Waals surface area contributed by atoms with Crippen molar-refractivity contribution in [3.8, 4) is 0 Å². The summed E-state index contributed by atoms with van der Waals surface area (Å²) >= 11 is 0. The minimum atomic E-state index is -3.54. The first-order valence-electron chi connectivity index (χ1n) is 7.80. The van der Waals surface area contributed by atoms with E-state index >= 15 is 0 Å². The normalized spacial score (nSPS) is 18.6. The van der Waals surface area contributed by atoms with Crippen LogP contribution in [0.15, 0.2) is 29.2 Å². The number of aliphatic hydroxyl groups excluding tert-OH is 1. The minimum absolute atomic E-state index is 0.185. The molecule has 5 heteroatoms. The molecule has 0 amide bonds. The van der Waals surface area contributed by atoms with Gasteiger partial charge >= 0.3 is 0 Å². The van der Waals surface area contributed by atoms with E-state index in [1.54, 1.807) is 12.1 Å². The molecule has 4 nitrogen and oxygen atoms in total. The first-order chi connectivity index (χ1) is 10.1.